The summed E-state index contributed by atoms with van der Waals surface area (Å²) >= 11 is 11.7. The predicted molar refractivity (Wildman–Crippen MR) is 71.6 cm³/mol. The van der Waals surface area contributed by atoms with Crippen LogP contribution < -0.4 is 10.1 Å². The summed E-state index contributed by atoms with van der Waals surface area (Å²) < 4.78 is 9.77. The van der Waals surface area contributed by atoms with E-state index in [1.807, 2.05) is 0 Å². The second-order valence-electron chi connectivity index (χ2n) is 3.63. The number of ether oxygens (including phenoxy) is 2. The molecule has 0 heterocycles. The van der Waals surface area contributed by atoms with Gasteiger partial charge in [0.1, 0.15) is 12.3 Å². The third-order valence-electron chi connectivity index (χ3n) is 2.20. The van der Waals surface area contributed by atoms with Crippen molar-refractivity contribution in [3.05, 3.63) is 28.2 Å². The van der Waals surface area contributed by atoms with Gasteiger partial charge in [-0.05, 0) is 25.1 Å². The second-order valence-corrected chi connectivity index (χ2v) is 4.47. The lowest BCUT2D eigenvalue weighted by Gasteiger charge is -2.15. The molecule has 0 unspecified atom stereocenters. The van der Waals surface area contributed by atoms with Gasteiger partial charge in [0.25, 0.3) is 5.91 Å². The first-order chi connectivity index (χ1) is 8.93. The topological polar surface area (TPSA) is 64.6 Å². The standard InChI is InChI=1S/C12H13Cl2NO4/c1-7(12(17)15-6-11(16)18-2)19-10-4-3-8(13)5-9(10)14/h3-5,7H,6H2,1-2H3,(H,15,17)/t7-/m1/s1. The molecule has 1 aromatic carbocycles. The Balaban J connectivity index is 2.56. The van der Waals surface area contributed by atoms with Crippen LogP contribution in [0.15, 0.2) is 18.2 Å². The van der Waals surface area contributed by atoms with Gasteiger partial charge >= 0.3 is 5.97 Å². The highest BCUT2D eigenvalue weighted by molar-refractivity contribution is 6.35. The number of rotatable bonds is 5. The number of carbonyl (C=O) groups excluding carboxylic acids is 2. The van der Waals surface area contributed by atoms with Crippen LogP contribution in [0.5, 0.6) is 5.75 Å². The number of benzene rings is 1. The van der Waals surface area contributed by atoms with Crippen LogP contribution in [0.25, 0.3) is 0 Å². The number of hydrogen-bond donors (Lipinski definition) is 1. The van der Waals surface area contributed by atoms with Gasteiger partial charge in [-0.25, -0.2) is 0 Å². The molecule has 1 aromatic rings. The first-order valence-electron chi connectivity index (χ1n) is 5.40. The predicted octanol–water partition coefficient (Wildman–Crippen LogP) is 2.05. The summed E-state index contributed by atoms with van der Waals surface area (Å²) in [4.78, 5) is 22.5. The molecule has 0 aliphatic carbocycles. The quantitative estimate of drug-likeness (QED) is 0.846. The van der Waals surface area contributed by atoms with Crippen LogP contribution in [-0.4, -0.2) is 31.6 Å². The van der Waals surface area contributed by atoms with E-state index >= 15 is 0 Å². The molecule has 0 spiro atoms. The average Bonchev–Trinajstić information content (AvgIpc) is 2.38. The highest BCUT2D eigenvalue weighted by Gasteiger charge is 2.17. The molecule has 0 bridgehead atoms. The molecular formula is C12H13Cl2NO4. The van der Waals surface area contributed by atoms with Crippen LogP contribution in [0, 0.1) is 0 Å². The zero-order valence-corrected chi connectivity index (χ0v) is 11.9. The molecule has 104 valence electrons. The van der Waals surface area contributed by atoms with Gasteiger partial charge in [-0.2, -0.15) is 0 Å². The number of carbonyl (C=O) groups is 2. The van der Waals surface area contributed by atoms with Crippen LogP contribution in [-0.2, 0) is 14.3 Å². The molecule has 1 amide bonds. The maximum absolute atomic E-state index is 11.6. The molecule has 1 atom stereocenters. The fraction of sp³-hybridized carbons (Fsp3) is 0.333. The minimum absolute atomic E-state index is 0.211. The fourth-order valence-corrected chi connectivity index (χ4v) is 1.64. The number of amides is 1. The van der Waals surface area contributed by atoms with Gasteiger partial charge in [0.2, 0.25) is 0 Å². The van der Waals surface area contributed by atoms with Crippen molar-refractivity contribution in [2.45, 2.75) is 13.0 Å². The molecule has 0 saturated heterocycles. The summed E-state index contributed by atoms with van der Waals surface area (Å²) in [7, 11) is 1.24. The van der Waals surface area contributed by atoms with Gasteiger partial charge in [0.05, 0.1) is 12.1 Å². The highest BCUT2D eigenvalue weighted by atomic mass is 35.5. The molecule has 1 N–H and O–H groups in total. The van der Waals surface area contributed by atoms with Gasteiger partial charge in [0, 0.05) is 5.02 Å². The molecule has 7 heteroatoms. The molecule has 0 fully saturated rings. The maximum atomic E-state index is 11.6. The van der Waals surface area contributed by atoms with Crippen molar-refractivity contribution < 1.29 is 19.1 Å². The molecule has 0 aromatic heterocycles. The Morgan fingerprint density at radius 2 is 2.05 bits per heavy atom. The summed E-state index contributed by atoms with van der Waals surface area (Å²) in [6.07, 6.45) is -0.802. The van der Waals surface area contributed by atoms with Gasteiger partial charge in [0.15, 0.2) is 6.10 Å². The third kappa shape index (κ3) is 4.96. The minimum atomic E-state index is -0.802. The van der Waals surface area contributed by atoms with Crippen molar-refractivity contribution in [3.63, 3.8) is 0 Å². The van der Waals surface area contributed by atoms with Crippen LogP contribution in [0.3, 0.4) is 0 Å². The lowest BCUT2D eigenvalue weighted by molar-refractivity contribution is -0.141. The van der Waals surface area contributed by atoms with Crippen molar-refractivity contribution in [1.82, 2.24) is 5.32 Å². The van der Waals surface area contributed by atoms with Crippen molar-refractivity contribution >= 4 is 35.1 Å². The van der Waals surface area contributed by atoms with Crippen LogP contribution >= 0.6 is 23.2 Å². The van der Waals surface area contributed by atoms with E-state index in [1.165, 1.54) is 20.1 Å². The van der Waals surface area contributed by atoms with Crippen molar-refractivity contribution in [2.24, 2.45) is 0 Å². The SMILES string of the molecule is COC(=O)CNC(=O)[C@@H](C)Oc1ccc(Cl)cc1Cl. The number of halogens is 2. The Bertz CT molecular complexity index is 479. The lowest BCUT2D eigenvalue weighted by Crippen LogP contribution is -2.39. The van der Waals surface area contributed by atoms with E-state index in [4.69, 9.17) is 27.9 Å². The van der Waals surface area contributed by atoms with Crippen LogP contribution in [0.1, 0.15) is 6.92 Å². The summed E-state index contributed by atoms with van der Waals surface area (Å²) in [6, 6.07) is 4.67. The zero-order chi connectivity index (χ0) is 14.4. The molecule has 0 aliphatic rings. The van der Waals surface area contributed by atoms with Gasteiger partial charge in [-0.1, -0.05) is 23.2 Å². The molecule has 0 radical (unpaired) electrons. The monoisotopic (exact) mass is 305 g/mol. The Kier molecular flexibility index (Phi) is 5.92. The molecular weight excluding hydrogens is 293 g/mol. The van der Waals surface area contributed by atoms with E-state index in [2.05, 4.69) is 10.1 Å². The van der Waals surface area contributed by atoms with Crippen LogP contribution in [0.4, 0.5) is 0 Å². The van der Waals surface area contributed by atoms with E-state index < -0.39 is 18.0 Å². The fourth-order valence-electron chi connectivity index (χ4n) is 1.19. The number of nitrogens with one attached hydrogen (secondary N) is 1. The summed E-state index contributed by atoms with van der Waals surface area (Å²) in [5.74, 6) is -0.645. The third-order valence-corrected chi connectivity index (χ3v) is 2.73. The Morgan fingerprint density at radius 1 is 1.37 bits per heavy atom. The van der Waals surface area contributed by atoms with E-state index in [0.29, 0.717) is 15.8 Å². The summed E-state index contributed by atoms with van der Waals surface area (Å²) in [5, 5.41) is 3.15. The highest BCUT2D eigenvalue weighted by Crippen LogP contribution is 2.28. The smallest absolute Gasteiger partial charge is 0.325 e. The average molecular weight is 306 g/mol. The summed E-state index contributed by atoms with van der Waals surface area (Å²) in [6.45, 7) is 1.33. The summed E-state index contributed by atoms with van der Waals surface area (Å²) in [5.41, 5.74) is 0. The Labute approximate surface area is 120 Å². The Morgan fingerprint density at radius 3 is 2.63 bits per heavy atom. The number of esters is 1. The first-order valence-corrected chi connectivity index (χ1v) is 6.16. The van der Waals surface area contributed by atoms with E-state index in [-0.39, 0.29) is 6.54 Å². The molecule has 5 nitrogen and oxygen atoms in total. The van der Waals surface area contributed by atoms with E-state index in [9.17, 15) is 9.59 Å². The maximum Gasteiger partial charge on any atom is 0.325 e. The van der Waals surface area contributed by atoms with Crippen molar-refractivity contribution in [2.75, 3.05) is 13.7 Å². The molecule has 0 saturated carbocycles. The number of methoxy groups -OCH3 is 1. The van der Waals surface area contributed by atoms with E-state index in [1.54, 1.807) is 12.1 Å². The van der Waals surface area contributed by atoms with Gasteiger partial charge in [-0.15, -0.1) is 0 Å². The first kappa shape index (κ1) is 15.6. The van der Waals surface area contributed by atoms with E-state index in [0.717, 1.165) is 0 Å². The zero-order valence-electron chi connectivity index (χ0n) is 10.4. The van der Waals surface area contributed by atoms with Gasteiger partial charge in [-0.3, -0.25) is 9.59 Å². The normalized spacial score (nSPS) is 11.6. The molecule has 1 rings (SSSR count). The minimum Gasteiger partial charge on any atom is -0.479 e. The molecule has 19 heavy (non-hydrogen) atoms. The van der Waals surface area contributed by atoms with Crippen molar-refractivity contribution in [3.8, 4) is 5.75 Å². The second kappa shape index (κ2) is 7.21. The molecule has 0 aliphatic heterocycles. The Hall–Kier alpha value is -1.46. The lowest BCUT2D eigenvalue weighted by atomic mass is 10.3. The van der Waals surface area contributed by atoms with Crippen LogP contribution in [0.2, 0.25) is 10.0 Å². The number of hydrogen-bond acceptors (Lipinski definition) is 4. The largest absolute Gasteiger partial charge is 0.479 e. The van der Waals surface area contributed by atoms with Gasteiger partial charge < -0.3 is 14.8 Å². The van der Waals surface area contributed by atoms with Crippen molar-refractivity contribution in [1.29, 1.82) is 0 Å².